The van der Waals surface area contributed by atoms with Crippen LogP contribution in [0.3, 0.4) is 0 Å². The standard InChI is InChI=1S/C15H13NO4S/c1-21(18,19)20-16-14(12-8-4-2-5-9-12)15(17)13-10-6-3-7-11-13/h2-11H,1H3/b16-14-. The molecule has 0 fully saturated rings. The second kappa shape index (κ2) is 6.32. The third-order valence-corrected chi connectivity index (χ3v) is 2.91. The van der Waals surface area contributed by atoms with Crippen molar-refractivity contribution >= 4 is 21.6 Å². The van der Waals surface area contributed by atoms with Gasteiger partial charge in [-0.1, -0.05) is 65.8 Å². The molecule has 0 spiro atoms. The molecular weight excluding hydrogens is 290 g/mol. The first-order chi connectivity index (χ1) is 9.97. The summed E-state index contributed by atoms with van der Waals surface area (Å²) in [7, 11) is -3.78. The second-order valence-electron chi connectivity index (χ2n) is 4.28. The van der Waals surface area contributed by atoms with E-state index in [2.05, 4.69) is 9.44 Å². The Morgan fingerprint density at radius 3 is 1.86 bits per heavy atom. The predicted octanol–water partition coefficient (Wildman–Crippen LogP) is 2.25. The first-order valence-corrected chi connectivity index (χ1v) is 7.91. The fourth-order valence-electron chi connectivity index (χ4n) is 1.65. The SMILES string of the molecule is CS(=O)(=O)O/N=C(\C(=O)c1ccccc1)c1ccccc1. The summed E-state index contributed by atoms with van der Waals surface area (Å²) in [5.41, 5.74) is 0.819. The molecular formula is C15H13NO4S. The van der Waals surface area contributed by atoms with Crippen LogP contribution in [0.4, 0.5) is 0 Å². The Morgan fingerprint density at radius 1 is 0.905 bits per heavy atom. The normalized spacial score (nSPS) is 12.0. The van der Waals surface area contributed by atoms with Crippen LogP contribution in [-0.2, 0) is 14.4 Å². The Balaban J connectivity index is 2.44. The smallest absolute Gasteiger partial charge is 0.287 e. The lowest BCUT2D eigenvalue weighted by atomic mass is 10.0. The maximum absolute atomic E-state index is 12.5. The molecule has 2 rings (SSSR count). The first-order valence-electron chi connectivity index (χ1n) is 6.09. The fraction of sp³-hybridized carbons (Fsp3) is 0.0667. The monoisotopic (exact) mass is 303 g/mol. The van der Waals surface area contributed by atoms with Crippen molar-refractivity contribution in [1.82, 2.24) is 0 Å². The molecule has 0 bridgehead atoms. The molecule has 108 valence electrons. The van der Waals surface area contributed by atoms with E-state index in [9.17, 15) is 13.2 Å². The van der Waals surface area contributed by atoms with Crippen LogP contribution in [0.1, 0.15) is 15.9 Å². The van der Waals surface area contributed by atoms with Crippen molar-refractivity contribution < 1.29 is 17.5 Å². The average Bonchev–Trinajstić information content (AvgIpc) is 2.48. The van der Waals surface area contributed by atoms with E-state index in [1.54, 1.807) is 60.7 Å². The molecule has 0 atom stereocenters. The summed E-state index contributed by atoms with van der Waals surface area (Å²) in [6.45, 7) is 0. The molecule has 6 heteroatoms. The van der Waals surface area contributed by atoms with Crippen LogP contribution in [0.25, 0.3) is 0 Å². The van der Waals surface area contributed by atoms with E-state index >= 15 is 0 Å². The van der Waals surface area contributed by atoms with Gasteiger partial charge in [-0.15, -0.1) is 0 Å². The molecule has 21 heavy (non-hydrogen) atoms. The summed E-state index contributed by atoms with van der Waals surface area (Å²) in [6.07, 6.45) is 0.867. The summed E-state index contributed by atoms with van der Waals surface area (Å²) in [5.74, 6) is -0.412. The predicted molar refractivity (Wildman–Crippen MR) is 79.7 cm³/mol. The van der Waals surface area contributed by atoms with Gasteiger partial charge in [-0.2, -0.15) is 8.42 Å². The second-order valence-corrected chi connectivity index (χ2v) is 5.84. The molecule has 0 aromatic heterocycles. The number of rotatable bonds is 5. The lowest BCUT2D eigenvalue weighted by Crippen LogP contribution is -2.17. The van der Waals surface area contributed by atoms with Gasteiger partial charge in [0.05, 0.1) is 6.26 Å². The zero-order valence-electron chi connectivity index (χ0n) is 11.3. The van der Waals surface area contributed by atoms with Gasteiger partial charge in [0.1, 0.15) is 0 Å². The summed E-state index contributed by atoms with van der Waals surface area (Å²) in [6, 6.07) is 17.0. The highest BCUT2D eigenvalue weighted by atomic mass is 32.2. The Kier molecular flexibility index (Phi) is 4.49. The zero-order valence-corrected chi connectivity index (χ0v) is 12.1. The minimum Gasteiger partial charge on any atom is -0.287 e. The van der Waals surface area contributed by atoms with Gasteiger partial charge in [0.2, 0.25) is 5.78 Å². The van der Waals surface area contributed by atoms with Gasteiger partial charge in [-0.25, -0.2) is 0 Å². The van der Waals surface area contributed by atoms with E-state index in [1.807, 2.05) is 0 Å². The zero-order chi connectivity index (χ0) is 15.3. The largest absolute Gasteiger partial charge is 0.325 e. The van der Waals surface area contributed by atoms with Gasteiger partial charge in [0, 0.05) is 11.1 Å². The molecule has 0 aliphatic rings. The fourth-order valence-corrected chi connectivity index (χ4v) is 1.86. The van der Waals surface area contributed by atoms with E-state index in [4.69, 9.17) is 0 Å². The molecule has 0 saturated carbocycles. The van der Waals surface area contributed by atoms with Crippen molar-refractivity contribution in [1.29, 1.82) is 0 Å². The third kappa shape index (κ3) is 4.25. The Hall–Kier alpha value is -2.47. The molecule has 0 aliphatic carbocycles. The molecule has 0 heterocycles. The minimum absolute atomic E-state index is 0.0628. The highest BCUT2D eigenvalue weighted by Crippen LogP contribution is 2.10. The highest BCUT2D eigenvalue weighted by molar-refractivity contribution is 7.85. The lowest BCUT2D eigenvalue weighted by molar-refractivity contribution is 0.106. The van der Waals surface area contributed by atoms with Gasteiger partial charge in [0.25, 0.3) is 0 Å². The molecule has 0 amide bonds. The van der Waals surface area contributed by atoms with E-state index in [1.165, 1.54) is 0 Å². The third-order valence-electron chi connectivity index (χ3n) is 2.56. The van der Waals surface area contributed by atoms with Crippen LogP contribution < -0.4 is 0 Å². The molecule has 0 N–H and O–H groups in total. The first kappa shape index (κ1) is 14.9. The summed E-state index contributed by atoms with van der Waals surface area (Å²) < 4.78 is 26.6. The van der Waals surface area contributed by atoms with Crippen molar-refractivity contribution in [3.63, 3.8) is 0 Å². The molecule has 0 aliphatic heterocycles. The number of carbonyl (C=O) groups is 1. The average molecular weight is 303 g/mol. The van der Waals surface area contributed by atoms with Crippen molar-refractivity contribution in [2.75, 3.05) is 6.26 Å². The number of Topliss-reactive ketones (excluding diaryl/α,β-unsaturated/α-hetero) is 1. The number of carbonyl (C=O) groups excluding carboxylic acids is 1. The number of hydrogen-bond donors (Lipinski definition) is 0. The van der Waals surface area contributed by atoms with E-state index < -0.39 is 15.9 Å². The van der Waals surface area contributed by atoms with Crippen LogP contribution in [0.15, 0.2) is 65.8 Å². The quantitative estimate of drug-likeness (QED) is 0.482. The lowest BCUT2D eigenvalue weighted by Gasteiger charge is -2.05. The van der Waals surface area contributed by atoms with E-state index in [0.717, 1.165) is 6.26 Å². The number of hydrogen-bond acceptors (Lipinski definition) is 5. The molecule has 0 radical (unpaired) electrons. The highest BCUT2D eigenvalue weighted by Gasteiger charge is 2.18. The van der Waals surface area contributed by atoms with Gasteiger partial charge in [-0.3, -0.25) is 9.08 Å². The molecule has 0 unspecified atom stereocenters. The van der Waals surface area contributed by atoms with Crippen molar-refractivity contribution in [2.45, 2.75) is 0 Å². The molecule has 5 nitrogen and oxygen atoms in total. The molecule has 2 aromatic rings. The maximum atomic E-state index is 12.5. The summed E-state index contributed by atoms with van der Waals surface area (Å²) in [4.78, 5) is 12.5. The van der Waals surface area contributed by atoms with E-state index in [0.29, 0.717) is 11.1 Å². The summed E-state index contributed by atoms with van der Waals surface area (Å²) in [5, 5.41) is 3.52. The van der Waals surface area contributed by atoms with Crippen molar-refractivity contribution in [3.05, 3.63) is 71.8 Å². The van der Waals surface area contributed by atoms with Crippen LogP contribution in [0, 0.1) is 0 Å². The summed E-state index contributed by atoms with van der Waals surface area (Å²) >= 11 is 0. The van der Waals surface area contributed by atoms with Crippen LogP contribution in [-0.4, -0.2) is 26.2 Å². The number of nitrogens with zero attached hydrogens (tertiary/aromatic N) is 1. The Labute approximate surface area is 123 Å². The maximum Gasteiger partial charge on any atom is 0.325 e. The van der Waals surface area contributed by atoms with Crippen LogP contribution >= 0.6 is 0 Å². The van der Waals surface area contributed by atoms with Crippen LogP contribution in [0.2, 0.25) is 0 Å². The molecule has 2 aromatic carbocycles. The Morgan fingerprint density at radius 2 is 1.38 bits per heavy atom. The van der Waals surface area contributed by atoms with Gasteiger partial charge < -0.3 is 0 Å². The van der Waals surface area contributed by atoms with Crippen molar-refractivity contribution in [2.24, 2.45) is 5.16 Å². The van der Waals surface area contributed by atoms with Gasteiger partial charge in [-0.05, 0) is 0 Å². The minimum atomic E-state index is -3.78. The Bertz CT molecular complexity index is 753. The van der Waals surface area contributed by atoms with Crippen molar-refractivity contribution in [3.8, 4) is 0 Å². The number of oxime groups is 1. The number of benzene rings is 2. The number of ketones is 1. The molecule has 0 saturated heterocycles. The topological polar surface area (TPSA) is 72.8 Å². The van der Waals surface area contributed by atoms with E-state index in [-0.39, 0.29) is 5.71 Å². The van der Waals surface area contributed by atoms with Crippen LogP contribution in [0.5, 0.6) is 0 Å². The van der Waals surface area contributed by atoms with Gasteiger partial charge >= 0.3 is 10.1 Å². The van der Waals surface area contributed by atoms with Gasteiger partial charge in [0.15, 0.2) is 5.71 Å².